The summed E-state index contributed by atoms with van der Waals surface area (Å²) in [5.74, 6) is 1.09. The molecule has 0 fully saturated rings. The SMILES string of the molecule is COc1cc(/C=C/C(=O)N2CCCc3ccccc32)ccc1OCc1c(Cl)cccc1Cl. The number of fused-ring (bicyclic) bond motifs is 1. The zero-order valence-corrected chi connectivity index (χ0v) is 19.2. The van der Waals surface area contributed by atoms with Gasteiger partial charge in [-0.25, -0.2) is 0 Å². The van der Waals surface area contributed by atoms with Crippen molar-refractivity contribution < 1.29 is 14.3 Å². The van der Waals surface area contributed by atoms with Crippen molar-refractivity contribution in [2.24, 2.45) is 0 Å². The number of halogens is 2. The van der Waals surface area contributed by atoms with Crippen LogP contribution in [0, 0.1) is 0 Å². The summed E-state index contributed by atoms with van der Waals surface area (Å²) in [5.41, 5.74) is 3.76. The van der Waals surface area contributed by atoms with E-state index >= 15 is 0 Å². The average molecular weight is 468 g/mol. The quantitative estimate of drug-likeness (QED) is 0.384. The molecule has 0 bridgehead atoms. The number of benzene rings is 3. The first-order valence-electron chi connectivity index (χ1n) is 10.4. The van der Waals surface area contributed by atoms with E-state index in [0.29, 0.717) is 27.1 Å². The fourth-order valence-electron chi connectivity index (χ4n) is 3.75. The van der Waals surface area contributed by atoms with Gasteiger partial charge in [0, 0.05) is 33.9 Å². The van der Waals surface area contributed by atoms with Crippen molar-refractivity contribution in [3.8, 4) is 11.5 Å². The number of hydrogen-bond donors (Lipinski definition) is 0. The Kier molecular flexibility index (Phi) is 7.03. The van der Waals surface area contributed by atoms with Gasteiger partial charge in [-0.1, -0.05) is 53.5 Å². The smallest absolute Gasteiger partial charge is 0.250 e. The first kappa shape index (κ1) is 22.3. The number of carbonyl (C=O) groups is 1. The van der Waals surface area contributed by atoms with E-state index in [1.165, 1.54) is 5.56 Å². The monoisotopic (exact) mass is 467 g/mol. The number of para-hydroxylation sites is 1. The summed E-state index contributed by atoms with van der Waals surface area (Å²) >= 11 is 12.4. The molecule has 32 heavy (non-hydrogen) atoms. The molecule has 164 valence electrons. The number of hydrogen-bond acceptors (Lipinski definition) is 3. The van der Waals surface area contributed by atoms with Gasteiger partial charge in [0.2, 0.25) is 0 Å². The Morgan fingerprint density at radius 2 is 1.81 bits per heavy atom. The maximum atomic E-state index is 12.8. The van der Waals surface area contributed by atoms with Crippen LogP contribution >= 0.6 is 23.2 Å². The number of amides is 1. The van der Waals surface area contributed by atoms with Crippen molar-refractivity contribution in [2.45, 2.75) is 19.4 Å². The summed E-state index contributed by atoms with van der Waals surface area (Å²) in [6, 6.07) is 18.9. The minimum atomic E-state index is -0.0372. The molecular formula is C26H23Cl2NO3. The number of carbonyl (C=O) groups excluding carboxylic acids is 1. The molecule has 0 unspecified atom stereocenters. The maximum absolute atomic E-state index is 12.8. The van der Waals surface area contributed by atoms with Gasteiger partial charge >= 0.3 is 0 Å². The number of aryl methyl sites for hydroxylation is 1. The lowest BCUT2D eigenvalue weighted by Crippen LogP contribution is -2.34. The lowest BCUT2D eigenvalue weighted by atomic mass is 10.0. The molecule has 4 nitrogen and oxygen atoms in total. The third-order valence-corrected chi connectivity index (χ3v) is 6.12. The predicted molar refractivity (Wildman–Crippen MR) is 130 cm³/mol. The molecular weight excluding hydrogens is 445 g/mol. The minimum Gasteiger partial charge on any atom is -0.493 e. The second-order valence-electron chi connectivity index (χ2n) is 7.45. The van der Waals surface area contributed by atoms with Crippen LogP contribution in [0.25, 0.3) is 6.08 Å². The molecule has 1 heterocycles. The van der Waals surface area contributed by atoms with Crippen LogP contribution in [-0.2, 0) is 17.8 Å². The van der Waals surface area contributed by atoms with Gasteiger partial charge in [-0.05, 0) is 60.4 Å². The van der Waals surface area contributed by atoms with E-state index in [0.717, 1.165) is 30.6 Å². The molecule has 1 aliphatic heterocycles. The summed E-state index contributed by atoms with van der Waals surface area (Å²) in [7, 11) is 1.58. The van der Waals surface area contributed by atoms with Gasteiger partial charge in [0.05, 0.1) is 7.11 Å². The normalized spacial score (nSPS) is 13.2. The van der Waals surface area contributed by atoms with Crippen LogP contribution in [0.5, 0.6) is 11.5 Å². The molecule has 0 aromatic heterocycles. The van der Waals surface area contributed by atoms with Crippen molar-refractivity contribution >= 4 is 40.9 Å². The molecule has 1 aliphatic rings. The Bertz CT molecular complexity index is 1140. The van der Waals surface area contributed by atoms with Gasteiger partial charge in [-0.2, -0.15) is 0 Å². The van der Waals surface area contributed by atoms with E-state index in [2.05, 4.69) is 6.07 Å². The van der Waals surface area contributed by atoms with Gasteiger partial charge in [0.25, 0.3) is 5.91 Å². The molecule has 6 heteroatoms. The molecule has 4 rings (SSSR count). The van der Waals surface area contributed by atoms with Crippen LogP contribution in [0.4, 0.5) is 5.69 Å². The first-order chi connectivity index (χ1) is 15.6. The zero-order chi connectivity index (χ0) is 22.5. The first-order valence-corrected chi connectivity index (χ1v) is 11.1. The molecule has 0 aliphatic carbocycles. The highest BCUT2D eigenvalue weighted by Gasteiger charge is 2.20. The lowest BCUT2D eigenvalue weighted by Gasteiger charge is -2.28. The topological polar surface area (TPSA) is 38.8 Å². The van der Waals surface area contributed by atoms with E-state index in [1.54, 1.807) is 37.5 Å². The van der Waals surface area contributed by atoms with E-state index in [1.807, 2.05) is 41.3 Å². The predicted octanol–water partition coefficient (Wildman–Crippen LogP) is 6.57. The van der Waals surface area contributed by atoms with Gasteiger partial charge in [-0.3, -0.25) is 4.79 Å². The molecule has 0 saturated heterocycles. The van der Waals surface area contributed by atoms with Crippen LogP contribution in [0.3, 0.4) is 0 Å². The van der Waals surface area contributed by atoms with Crippen molar-refractivity contribution in [1.82, 2.24) is 0 Å². The fourth-order valence-corrected chi connectivity index (χ4v) is 4.25. The third-order valence-electron chi connectivity index (χ3n) is 5.42. The largest absolute Gasteiger partial charge is 0.493 e. The van der Waals surface area contributed by atoms with Gasteiger partial charge in [0.1, 0.15) is 6.61 Å². The highest BCUT2D eigenvalue weighted by molar-refractivity contribution is 6.35. The van der Waals surface area contributed by atoms with Gasteiger partial charge in [-0.15, -0.1) is 0 Å². The fraction of sp³-hybridized carbons (Fsp3) is 0.192. The molecule has 1 amide bonds. The van der Waals surface area contributed by atoms with E-state index in [9.17, 15) is 4.79 Å². The number of ether oxygens (including phenoxy) is 2. The highest BCUT2D eigenvalue weighted by Crippen LogP contribution is 2.32. The summed E-state index contributed by atoms with van der Waals surface area (Å²) < 4.78 is 11.4. The number of methoxy groups -OCH3 is 1. The Labute approximate surface area is 198 Å². The van der Waals surface area contributed by atoms with Crippen LogP contribution < -0.4 is 14.4 Å². The molecule has 0 atom stereocenters. The minimum absolute atomic E-state index is 0.0372. The van der Waals surface area contributed by atoms with Crippen LogP contribution in [0.1, 0.15) is 23.1 Å². The van der Waals surface area contributed by atoms with Crippen molar-refractivity contribution in [3.63, 3.8) is 0 Å². The number of rotatable bonds is 6. The maximum Gasteiger partial charge on any atom is 0.250 e. The van der Waals surface area contributed by atoms with Crippen molar-refractivity contribution in [2.75, 3.05) is 18.6 Å². The molecule has 3 aromatic rings. The summed E-state index contributed by atoms with van der Waals surface area (Å²) in [6.07, 6.45) is 5.35. The summed E-state index contributed by atoms with van der Waals surface area (Å²) in [5, 5.41) is 1.10. The number of anilines is 1. The molecule has 0 saturated carbocycles. The molecule has 0 spiro atoms. The van der Waals surface area contributed by atoms with Crippen molar-refractivity contribution in [3.05, 3.63) is 93.5 Å². The van der Waals surface area contributed by atoms with E-state index in [-0.39, 0.29) is 12.5 Å². The van der Waals surface area contributed by atoms with Gasteiger partial charge in [0.15, 0.2) is 11.5 Å². The Hall–Kier alpha value is -2.95. The second-order valence-corrected chi connectivity index (χ2v) is 8.27. The highest BCUT2D eigenvalue weighted by atomic mass is 35.5. The molecule has 3 aromatic carbocycles. The van der Waals surface area contributed by atoms with Crippen LogP contribution in [0.15, 0.2) is 66.7 Å². The summed E-state index contributed by atoms with van der Waals surface area (Å²) in [6.45, 7) is 0.942. The Morgan fingerprint density at radius 3 is 2.59 bits per heavy atom. The number of nitrogens with zero attached hydrogens (tertiary/aromatic N) is 1. The standard InChI is InChI=1S/C26H23Cl2NO3/c1-31-25-16-18(11-13-24(25)32-17-20-21(27)8-4-9-22(20)28)12-14-26(30)29-15-5-7-19-6-2-3-10-23(19)29/h2-4,6,8-14,16H,5,7,15,17H2,1H3/b14-12+. The van der Waals surface area contributed by atoms with Crippen LogP contribution in [0.2, 0.25) is 10.0 Å². The van der Waals surface area contributed by atoms with Crippen LogP contribution in [-0.4, -0.2) is 19.6 Å². The van der Waals surface area contributed by atoms with E-state index in [4.69, 9.17) is 32.7 Å². The third kappa shape index (κ3) is 4.93. The molecule has 0 radical (unpaired) electrons. The molecule has 0 N–H and O–H groups in total. The zero-order valence-electron chi connectivity index (χ0n) is 17.7. The van der Waals surface area contributed by atoms with Gasteiger partial charge < -0.3 is 14.4 Å². The Morgan fingerprint density at radius 1 is 1.03 bits per heavy atom. The Balaban J connectivity index is 1.47. The average Bonchev–Trinajstić information content (AvgIpc) is 2.82. The lowest BCUT2D eigenvalue weighted by molar-refractivity contribution is -0.114. The van der Waals surface area contributed by atoms with E-state index < -0.39 is 0 Å². The second kappa shape index (κ2) is 10.1. The van der Waals surface area contributed by atoms with Crippen molar-refractivity contribution in [1.29, 1.82) is 0 Å². The summed E-state index contributed by atoms with van der Waals surface area (Å²) in [4.78, 5) is 14.7.